The maximum Gasteiger partial charge on any atom is 0.172 e. The second kappa shape index (κ2) is 4.88. The first kappa shape index (κ1) is 11.4. The summed E-state index contributed by atoms with van der Waals surface area (Å²) in [5.74, 6) is 1.87. The summed E-state index contributed by atoms with van der Waals surface area (Å²) in [5, 5.41) is 1.25. The Morgan fingerprint density at radius 1 is 1.18 bits per heavy atom. The van der Waals surface area contributed by atoms with Crippen LogP contribution in [0.2, 0.25) is 5.02 Å². The van der Waals surface area contributed by atoms with Gasteiger partial charge < -0.3 is 0 Å². The zero-order valence-corrected chi connectivity index (χ0v) is 11.2. The van der Waals surface area contributed by atoms with Crippen LogP contribution in [0.5, 0.6) is 0 Å². The molecule has 0 N–H and O–H groups in total. The molecule has 0 amide bonds. The lowest BCUT2D eigenvalue weighted by Gasteiger charge is -2.09. The first-order valence-electron chi connectivity index (χ1n) is 5.19. The van der Waals surface area contributed by atoms with Crippen molar-refractivity contribution in [1.82, 2.24) is 0 Å². The molecule has 3 rings (SSSR count). The fourth-order valence-electron chi connectivity index (χ4n) is 1.70. The fourth-order valence-corrected chi connectivity index (χ4v) is 4.85. The predicted molar refractivity (Wildman–Crippen MR) is 78.3 cm³/mol. The van der Waals surface area contributed by atoms with Crippen LogP contribution in [0.25, 0.3) is 0 Å². The summed E-state index contributed by atoms with van der Waals surface area (Å²) >= 11 is 9.83. The number of benzene rings is 1. The normalized spacial score (nSPS) is 22.8. The third-order valence-electron chi connectivity index (χ3n) is 2.51. The lowest BCUT2D eigenvalue weighted by atomic mass is 10.2. The molecule has 0 aliphatic carbocycles. The van der Waals surface area contributed by atoms with E-state index in [0.29, 0.717) is 5.25 Å². The number of hydrogen-bond acceptors (Lipinski definition) is 4. The van der Waals surface area contributed by atoms with Gasteiger partial charge in [0.1, 0.15) is 0 Å². The third kappa shape index (κ3) is 2.30. The average Bonchev–Trinajstić information content (AvgIpc) is 3.00. The maximum absolute atomic E-state index is 6.21. The summed E-state index contributed by atoms with van der Waals surface area (Å²) in [5.41, 5.74) is 1.20. The van der Waals surface area contributed by atoms with E-state index in [1.54, 1.807) is 24.2 Å². The Morgan fingerprint density at radius 3 is 2.71 bits per heavy atom. The molecule has 2 aliphatic heterocycles. The molecule has 0 aromatic heterocycles. The molecule has 2 heterocycles. The molecular formula is C12H9ClN2S2. The Balaban J connectivity index is 1.86. The molecule has 5 heteroatoms. The Hall–Kier alpha value is -0.710. The molecule has 0 radical (unpaired) electrons. The van der Waals surface area contributed by atoms with Gasteiger partial charge in [0, 0.05) is 28.5 Å². The van der Waals surface area contributed by atoms with Gasteiger partial charge in [-0.3, -0.25) is 0 Å². The van der Waals surface area contributed by atoms with Crippen LogP contribution < -0.4 is 0 Å². The van der Waals surface area contributed by atoms with Crippen molar-refractivity contribution in [3.63, 3.8) is 0 Å². The summed E-state index contributed by atoms with van der Waals surface area (Å²) in [6.07, 6.45) is 3.46. The Morgan fingerprint density at radius 2 is 1.94 bits per heavy atom. The fraction of sp³-hybridized carbons (Fsp3) is 0.167. The van der Waals surface area contributed by atoms with Gasteiger partial charge in [0.15, 0.2) is 5.82 Å². The Kier molecular flexibility index (Phi) is 3.27. The van der Waals surface area contributed by atoms with Gasteiger partial charge in [-0.15, -0.1) is 23.5 Å². The number of hydrogen-bond donors (Lipinski definition) is 0. The third-order valence-corrected chi connectivity index (χ3v) is 5.75. The highest BCUT2D eigenvalue weighted by Crippen LogP contribution is 2.52. The minimum absolute atomic E-state index is 0.405. The summed E-state index contributed by atoms with van der Waals surface area (Å²) < 4.78 is 1.19. The van der Waals surface area contributed by atoms with E-state index in [0.717, 1.165) is 16.6 Å². The van der Waals surface area contributed by atoms with Crippen LogP contribution >= 0.6 is 35.1 Å². The number of aliphatic imine (C=N–C) groups is 2. The second-order valence-electron chi connectivity index (χ2n) is 3.61. The summed E-state index contributed by atoms with van der Waals surface area (Å²) in [4.78, 5) is 8.45. The van der Waals surface area contributed by atoms with Crippen LogP contribution in [0.15, 0.2) is 44.3 Å². The Bertz CT molecular complexity index is 523. The van der Waals surface area contributed by atoms with Crippen molar-refractivity contribution in [3.8, 4) is 0 Å². The van der Waals surface area contributed by atoms with Crippen molar-refractivity contribution >= 4 is 47.6 Å². The van der Waals surface area contributed by atoms with E-state index in [2.05, 4.69) is 16.1 Å². The van der Waals surface area contributed by atoms with Crippen LogP contribution in [-0.4, -0.2) is 18.2 Å². The van der Waals surface area contributed by atoms with Crippen LogP contribution in [0.1, 0.15) is 10.8 Å². The molecule has 0 bridgehead atoms. The number of rotatable bonds is 1. The molecule has 0 spiro atoms. The van der Waals surface area contributed by atoms with Crippen LogP contribution in [0, 0.1) is 0 Å². The predicted octanol–water partition coefficient (Wildman–Crippen LogP) is 4.14. The maximum atomic E-state index is 6.21. The minimum atomic E-state index is 0.405. The molecule has 2 nitrogen and oxygen atoms in total. The molecule has 86 valence electrons. The molecule has 1 saturated heterocycles. The van der Waals surface area contributed by atoms with Gasteiger partial charge in [-0.25, -0.2) is 9.98 Å². The van der Waals surface area contributed by atoms with Crippen molar-refractivity contribution in [2.75, 3.05) is 5.75 Å². The Labute approximate surface area is 113 Å². The minimum Gasteiger partial charge on any atom is -0.234 e. The number of halogens is 1. The van der Waals surface area contributed by atoms with E-state index < -0.39 is 0 Å². The van der Waals surface area contributed by atoms with E-state index in [9.17, 15) is 0 Å². The molecule has 2 aliphatic rings. The van der Waals surface area contributed by atoms with Crippen molar-refractivity contribution < 1.29 is 0 Å². The summed E-state index contributed by atoms with van der Waals surface area (Å²) in [7, 11) is 0. The van der Waals surface area contributed by atoms with Gasteiger partial charge in [0.25, 0.3) is 0 Å². The van der Waals surface area contributed by atoms with Crippen molar-refractivity contribution in [3.05, 3.63) is 44.9 Å². The monoisotopic (exact) mass is 280 g/mol. The molecule has 1 atom stereocenters. The molecule has 17 heavy (non-hydrogen) atoms. The average molecular weight is 281 g/mol. The SMILES string of the molecule is Clc1ccccc1C1CSC(=C2N=CC=N2)S1. The van der Waals surface area contributed by atoms with Gasteiger partial charge in [-0.1, -0.05) is 29.8 Å². The van der Waals surface area contributed by atoms with E-state index in [-0.39, 0.29) is 0 Å². The van der Waals surface area contributed by atoms with Gasteiger partial charge in [-0.05, 0) is 11.6 Å². The molecule has 1 unspecified atom stereocenters. The van der Waals surface area contributed by atoms with Gasteiger partial charge in [-0.2, -0.15) is 0 Å². The molecule has 1 aromatic carbocycles. The lowest BCUT2D eigenvalue weighted by Crippen LogP contribution is -1.92. The van der Waals surface area contributed by atoms with E-state index >= 15 is 0 Å². The second-order valence-corrected chi connectivity index (χ2v) is 6.52. The van der Waals surface area contributed by atoms with Gasteiger partial charge in [0.05, 0.1) is 4.24 Å². The largest absolute Gasteiger partial charge is 0.234 e. The van der Waals surface area contributed by atoms with Crippen molar-refractivity contribution in [1.29, 1.82) is 0 Å². The van der Waals surface area contributed by atoms with Crippen molar-refractivity contribution in [2.45, 2.75) is 5.25 Å². The molecule has 0 saturated carbocycles. The summed E-state index contributed by atoms with van der Waals surface area (Å²) in [6.45, 7) is 0. The zero-order valence-electron chi connectivity index (χ0n) is 8.84. The van der Waals surface area contributed by atoms with Crippen molar-refractivity contribution in [2.24, 2.45) is 9.98 Å². The quantitative estimate of drug-likeness (QED) is 0.772. The summed E-state index contributed by atoms with van der Waals surface area (Å²) in [6, 6.07) is 8.03. The lowest BCUT2D eigenvalue weighted by molar-refractivity contribution is 1.13. The van der Waals surface area contributed by atoms with E-state index in [1.807, 2.05) is 30.0 Å². The van der Waals surface area contributed by atoms with Crippen LogP contribution in [0.4, 0.5) is 0 Å². The van der Waals surface area contributed by atoms with E-state index in [1.165, 1.54) is 9.80 Å². The smallest absolute Gasteiger partial charge is 0.172 e. The number of nitrogens with zero attached hydrogens (tertiary/aromatic N) is 2. The number of thioether (sulfide) groups is 2. The van der Waals surface area contributed by atoms with Crippen LogP contribution in [-0.2, 0) is 0 Å². The standard InChI is InChI=1S/C12H9ClN2S2/c13-9-4-2-1-3-8(9)10-7-16-12(17-10)11-14-5-6-15-11/h1-6,10H,7H2. The molecule has 1 aromatic rings. The van der Waals surface area contributed by atoms with Gasteiger partial charge in [0.2, 0.25) is 0 Å². The highest BCUT2D eigenvalue weighted by Gasteiger charge is 2.27. The molecule has 1 fully saturated rings. The highest BCUT2D eigenvalue weighted by molar-refractivity contribution is 8.25. The van der Waals surface area contributed by atoms with Gasteiger partial charge >= 0.3 is 0 Å². The first-order valence-corrected chi connectivity index (χ1v) is 7.44. The highest BCUT2D eigenvalue weighted by atomic mass is 35.5. The zero-order chi connectivity index (χ0) is 11.7. The molecular weight excluding hydrogens is 272 g/mol. The first-order chi connectivity index (χ1) is 8.34. The topological polar surface area (TPSA) is 24.7 Å². The van der Waals surface area contributed by atoms with E-state index in [4.69, 9.17) is 11.6 Å². The van der Waals surface area contributed by atoms with Crippen LogP contribution in [0.3, 0.4) is 0 Å².